The van der Waals surface area contributed by atoms with Gasteiger partial charge in [0.25, 0.3) is 5.91 Å². The van der Waals surface area contributed by atoms with Gasteiger partial charge in [-0.15, -0.1) is 0 Å². The van der Waals surface area contributed by atoms with Gasteiger partial charge in [-0.05, 0) is 31.9 Å². The number of furan rings is 1. The van der Waals surface area contributed by atoms with E-state index in [4.69, 9.17) is 4.42 Å². The lowest BCUT2D eigenvalue weighted by Gasteiger charge is -2.13. The molecule has 0 bridgehead atoms. The molecule has 116 valence electrons. The van der Waals surface area contributed by atoms with E-state index in [0.717, 1.165) is 11.1 Å². The van der Waals surface area contributed by atoms with Crippen LogP contribution in [0.4, 0.5) is 0 Å². The normalized spacial score (nSPS) is 11.9. The summed E-state index contributed by atoms with van der Waals surface area (Å²) in [7, 11) is 0. The second-order valence-electron chi connectivity index (χ2n) is 5.33. The third-order valence-corrected chi connectivity index (χ3v) is 3.56. The second kappa shape index (κ2) is 6.93. The van der Waals surface area contributed by atoms with E-state index < -0.39 is 11.9 Å². The molecular formula is C17H19NO4. The van der Waals surface area contributed by atoms with Crippen LogP contribution in [0.15, 0.2) is 41.0 Å². The smallest absolute Gasteiger partial charge is 0.308 e. The van der Waals surface area contributed by atoms with Crippen LogP contribution in [0.3, 0.4) is 0 Å². The molecule has 0 fully saturated rings. The number of rotatable bonds is 6. The van der Waals surface area contributed by atoms with Crippen molar-refractivity contribution in [2.75, 3.05) is 6.54 Å². The highest BCUT2D eigenvalue weighted by atomic mass is 16.4. The molecule has 1 amide bonds. The average molecular weight is 301 g/mol. The third-order valence-electron chi connectivity index (χ3n) is 3.56. The molecule has 1 atom stereocenters. The highest BCUT2D eigenvalue weighted by Crippen LogP contribution is 2.12. The lowest BCUT2D eigenvalue weighted by Crippen LogP contribution is -2.34. The highest BCUT2D eigenvalue weighted by molar-refractivity contribution is 5.95. The van der Waals surface area contributed by atoms with Gasteiger partial charge in [0.1, 0.15) is 5.76 Å². The molecule has 2 N–H and O–H groups in total. The summed E-state index contributed by atoms with van der Waals surface area (Å²) in [6, 6.07) is 9.28. The van der Waals surface area contributed by atoms with Gasteiger partial charge in [0.15, 0.2) is 0 Å². The largest absolute Gasteiger partial charge is 0.481 e. The Morgan fingerprint density at radius 1 is 1.18 bits per heavy atom. The molecule has 2 rings (SSSR count). The van der Waals surface area contributed by atoms with Crippen molar-refractivity contribution in [2.45, 2.75) is 20.3 Å². The molecule has 0 radical (unpaired) electrons. The molecule has 0 saturated heterocycles. The van der Waals surface area contributed by atoms with E-state index in [1.165, 1.54) is 6.26 Å². The average Bonchev–Trinajstić information content (AvgIpc) is 2.91. The number of carbonyl (C=O) groups is 2. The van der Waals surface area contributed by atoms with Gasteiger partial charge in [-0.2, -0.15) is 0 Å². The third kappa shape index (κ3) is 3.97. The summed E-state index contributed by atoms with van der Waals surface area (Å²) in [6.07, 6.45) is 1.81. The predicted octanol–water partition coefficient (Wildman–Crippen LogP) is 2.57. The summed E-state index contributed by atoms with van der Waals surface area (Å²) < 4.78 is 5.07. The van der Waals surface area contributed by atoms with Crippen LogP contribution in [0.5, 0.6) is 0 Å². The quantitative estimate of drug-likeness (QED) is 0.859. The molecule has 0 saturated carbocycles. The van der Waals surface area contributed by atoms with Gasteiger partial charge in [-0.1, -0.05) is 29.8 Å². The Bertz CT molecular complexity index is 658. The second-order valence-corrected chi connectivity index (χ2v) is 5.33. The van der Waals surface area contributed by atoms with Crippen LogP contribution in [-0.4, -0.2) is 23.5 Å². The fourth-order valence-electron chi connectivity index (χ4n) is 2.19. The molecule has 2 aromatic rings. The Morgan fingerprint density at radius 3 is 2.41 bits per heavy atom. The van der Waals surface area contributed by atoms with Crippen LogP contribution >= 0.6 is 0 Å². The maximum absolute atomic E-state index is 12.0. The Balaban J connectivity index is 1.97. The molecule has 0 aliphatic rings. The molecule has 1 aromatic heterocycles. The molecule has 5 heteroatoms. The molecule has 0 spiro atoms. The number of aliphatic carboxylic acids is 1. The first-order valence-electron chi connectivity index (χ1n) is 7.08. The Morgan fingerprint density at radius 2 is 1.86 bits per heavy atom. The van der Waals surface area contributed by atoms with E-state index >= 15 is 0 Å². The number of aryl methyl sites for hydroxylation is 2. The number of hydrogen-bond donors (Lipinski definition) is 2. The number of nitrogens with one attached hydrogen (secondary N) is 1. The molecule has 0 unspecified atom stereocenters. The number of amides is 1. The number of benzene rings is 1. The molecule has 0 aliphatic heterocycles. The van der Waals surface area contributed by atoms with Crippen molar-refractivity contribution >= 4 is 11.9 Å². The molecule has 1 aromatic carbocycles. The van der Waals surface area contributed by atoms with E-state index in [-0.39, 0.29) is 12.5 Å². The summed E-state index contributed by atoms with van der Waals surface area (Å²) in [5.74, 6) is -1.40. The molecule has 22 heavy (non-hydrogen) atoms. The van der Waals surface area contributed by atoms with Crippen LogP contribution in [0.2, 0.25) is 0 Å². The summed E-state index contributed by atoms with van der Waals surface area (Å²) in [5.41, 5.74) is 2.49. The number of hydrogen-bond acceptors (Lipinski definition) is 3. The zero-order valence-electron chi connectivity index (χ0n) is 12.6. The monoisotopic (exact) mass is 301 g/mol. The minimum Gasteiger partial charge on any atom is -0.481 e. The van der Waals surface area contributed by atoms with Gasteiger partial charge in [0, 0.05) is 6.54 Å². The minimum absolute atomic E-state index is 0.0761. The van der Waals surface area contributed by atoms with E-state index in [1.807, 2.05) is 31.2 Å². The molecule has 1 heterocycles. The lowest BCUT2D eigenvalue weighted by molar-refractivity contribution is -0.141. The Hall–Kier alpha value is -2.56. The van der Waals surface area contributed by atoms with Crippen molar-refractivity contribution in [2.24, 2.45) is 5.92 Å². The van der Waals surface area contributed by atoms with Gasteiger partial charge in [0.2, 0.25) is 0 Å². The summed E-state index contributed by atoms with van der Waals surface area (Å²) in [4.78, 5) is 23.4. The molecular weight excluding hydrogens is 282 g/mol. The fourth-order valence-corrected chi connectivity index (χ4v) is 2.19. The number of carboxylic acids is 1. The highest BCUT2D eigenvalue weighted by Gasteiger charge is 2.20. The topological polar surface area (TPSA) is 79.5 Å². The van der Waals surface area contributed by atoms with Crippen LogP contribution < -0.4 is 5.32 Å². The van der Waals surface area contributed by atoms with Gasteiger partial charge in [0.05, 0.1) is 17.7 Å². The van der Waals surface area contributed by atoms with Gasteiger partial charge in [-0.3, -0.25) is 9.59 Å². The predicted molar refractivity (Wildman–Crippen MR) is 81.8 cm³/mol. The standard InChI is InChI=1S/C17H19NO4/c1-11-3-5-13(6-4-11)9-14(17(20)21)10-18-16(19)15-7-8-22-12(15)2/h3-8,14H,9-10H2,1-2H3,(H,18,19)(H,20,21)/t14-/m0/s1. The van der Waals surface area contributed by atoms with Gasteiger partial charge in [-0.25, -0.2) is 0 Å². The zero-order valence-corrected chi connectivity index (χ0v) is 12.6. The Kier molecular flexibility index (Phi) is 4.99. The molecule has 5 nitrogen and oxygen atoms in total. The fraction of sp³-hybridized carbons (Fsp3) is 0.294. The zero-order chi connectivity index (χ0) is 16.1. The van der Waals surface area contributed by atoms with Crippen LogP contribution in [0.25, 0.3) is 0 Å². The first-order chi connectivity index (χ1) is 10.5. The minimum atomic E-state index is -0.926. The van der Waals surface area contributed by atoms with E-state index in [2.05, 4.69) is 5.32 Å². The van der Waals surface area contributed by atoms with Crippen molar-refractivity contribution in [1.82, 2.24) is 5.32 Å². The SMILES string of the molecule is Cc1ccc(C[C@@H](CNC(=O)c2ccoc2C)C(=O)O)cc1. The van der Waals surface area contributed by atoms with E-state index in [9.17, 15) is 14.7 Å². The number of carbonyl (C=O) groups excluding carboxylic acids is 1. The van der Waals surface area contributed by atoms with Crippen molar-refractivity contribution in [3.63, 3.8) is 0 Å². The summed E-state index contributed by atoms with van der Waals surface area (Å²) in [5, 5.41) is 12.0. The number of carboxylic acid groups (broad SMARTS) is 1. The van der Waals surface area contributed by atoms with E-state index in [1.54, 1.807) is 13.0 Å². The van der Waals surface area contributed by atoms with E-state index in [0.29, 0.717) is 17.7 Å². The van der Waals surface area contributed by atoms with Crippen molar-refractivity contribution in [3.05, 3.63) is 59.0 Å². The Labute approximate surface area is 129 Å². The van der Waals surface area contributed by atoms with Crippen molar-refractivity contribution in [1.29, 1.82) is 0 Å². The lowest BCUT2D eigenvalue weighted by atomic mass is 9.98. The van der Waals surface area contributed by atoms with Gasteiger partial charge < -0.3 is 14.8 Å². The van der Waals surface area contributed by atoms with Crippen molar-refractivity contribution in [3.8, 4) is 0 Å². The first kappa shape index (κ1) is 15.8. The molecule has 0 aliphatic carbocycles. The maximum atomic E-state index is 12.0. The summed E-state index contributed by atoms with van der Waals surface area (Å²) >= 11 is 0. The van der Waals surface area contributed by atoms with Crippen LogP contribution in [0, 0.1) is 19.8 Å². The maximum Gasteiger partial charge on any atom is 0.308 e. The van der Waals surface area contributed by atoms with Gasteiger partial charge >= 0.3 is 5.97 Å². The summed E-state index contributed by atoms with van der Waals surface area (Å²) in [6.45, 7) is 3.74. The van der Waals surface area contributed by atoms with Crippen LogP contribution in [0.1, 0.15) is 27.2 Å². The van der Waals surface area contributed by atoms with Crippen molar-refractivity contribution < 1.29 is 19.1 Å². The first-order valence-corrected chi connectivity index (χ1v) is 7.08. The van der Waals surface area contributed by atoms with Crippen LogP contribution in [-0.2, 0) is 11.2 Å².